The molecule has 26 heavy (non-hydrogen) atoms. The summed E-state index contributed by atoms with van der Waals surface area (Å²) in [4.78, 5) is 26.6. The number of hydrogen-bond donors (Lipinski definition) is 1. The van der Waals surface area contributed by atoms with Gasteiger partial charge in [0.05, 0.1) is 0 Å². The maximum atomic E-state index is 12.6. The van der Waals surface area contributed by atoms with Gasteiger partial charge in [-0.05, 0) is 49.1 Å². The van der Waals surface area contributed by atoms with Crippen molar-refractivity contribution in [1.82, 2.24) is 4.90 Å². The van der Waals surface area contributed by atoms with Crippen molar-refractivity contribution in [3.63, 3.8) is 0 Å². The van der Waals surface area contributed by atoms with E-state index in [2.05, 4.69) is 5.32 Å². The molecule has 0 aliphatic carbocycles. The first-order chi connectivity index (χ1) is 12.5. The zero-order valence-corrected chi connectivity index (χ0v) is 15.3. The standard InChI is InChI=1S/C20H21ClN2O3/c1-14-12-16(21)9-10-17(14)22-19(24)18-8-5-11-23(18)20(25)26-13-15-6-3-2-4-7-15/h2-4,6-7,9-10,12,18H,5,8,11,13H2,1H3,(H,22,24)/t18-/m1/s1. The van der Waals surface area contributed by atoms with Gasteiger partial charge in [0.15, 0.2) is 0 Å². The Labute approximate surface area is 157 Å². The third-order valence-corrected chi connectivity index (χ3v) is 4.68. The molecule has 5 nitrogen and oxygen atoms in total. The second-order valence-electron chi connectivity index (χ2n) is 6.34. The van der Waals surface area contributed by atoms with E-state index < -0.39 is 12.1 Å². The van der Waals surface area contributed by atoms with Crippen LogP contribution in [0.2, 0.25) is 5.02 Å². The van der Waals surface area contributed by atoms with Gasteiger partial charge >= 0.3 is 6.09 Å². The molecule has 2 amide bonds. The number of ether oxygens (including phenoxy) is 1. The summed E-state index contributed by atoms with van der Waals surface area (Å²) < 4.78 is 5.37. The van der Waals surface area contributed by atoms with Crippen molar-refractivity contribution in [3.05, 3.63) is 64.7 Å². The lowest BCUT2D eigenvalue weighted by Crippen LogP contribution is -2.43. The van der Waals surface area contributed by atoms with Gasteiger partial charge in [0.25, 0.3) is 0 Å². The summed E-state index contributed by atoms with van der Waals surface area (Å²) in [5.74, 6) is -0.204. The fourth-order valence-electron chi connectivity index (χ4n) is 3.04. The summed E-state index contributed by atoms with van der Waals surface area (Å²) >= 11 is 5.95. The maximum Gasteiger partial charge on any atom is 0.410 e. The Morgan fingerprint density at radius 1 is 1.23 bits per heavy atom. The minimum absolute atomic E-state index is 0.195. The van der Waals surface area contributed by atoms with Crippen LogP contribution in [-0.2, 0) is 16.1 Å². The highest BCUT2D eigenvalue weighted by Gasteiger charge is 2.35. The molecule has 0 aromatic heterocycles. The Morgan fingerprint density at radius 3 is 2.73 bits per heavy atom. The Kier molecular flexibility index (Phi) is 5.78. The topological polar surface area (TPSA) is 58.6 Å². The van der Waals surface area contributed by atoms with E-state index in [4.69, 9.17) is 16.3 Å². The van der Waals surface area contributed by atoms with Gasteiger partial charge in [-0.25, -0.2) is 4.79 Å². The molecule has 2 aromatic carbocycles. The average molecular weight is 373 g/mol. The summed E-state index contributed by atoms with van der Waals surface area (Å²) in [6, 6.07) is 14.2. The number of anilines is 1. The molecule has 1 heterocycles. The fraction of sp³-hybridized carbons (Fsp3) is 0.300. The van der Waals surface area contributed by atoms with Crippen LogP contribution in [0.25, 0.3) is 0 Å². The lowest BCUT2D eigenvalue weighted by molar-refractivity contribution is -0.120. The van der Waals surface area contributed by atoms with Crippen molar-refractivity contribution in [2.75, 3.05) is 11.9 Å². The normalized spacial score (nSPS) is 16.4. The van der Waals surface area contributed by atoms with Gasteiger partial charge < -0.3 is 10.1 Å². The van der Waals surface area contributed by atoms with Crippen LogP contribution in [0.3, 0.4) is 0 Å². The van der Waals surface area contributed by atoms with E-state index >= 15 is 0 Å². The summed E-state index contributed by atoms with van der Waals surface area (Å²) in [6.45, 7) is 2.59. The highest BCUT2D eigenvalue weighted by atomic mass is 35.5. The van der Waals surface area contributed by atoms with Gasteiger partial charge in [0.1, 0.15) is 12.6 Å². The molecule has 0 spiro atoms. The van der Waals surface area contributed by atoms with E-state index in [0.29, 0.717) is 23.7 Å². The van der Waals surface area contributed by atoms with Crippen LogP contribution in [0.4, 0.5) is 10.5 Å². The number of hydrogen-bond acceptors (Lipinski definition) is 3. The molecule has 1 fully saturated rings. The first-order valence-electron chi connectivity index (χ1n) is 8.59. The molecule has 0 radical (unpaired) electrons. The largest absolute Gasteiger partial charge is 0.445 e. The molecular weight excluding hydrogens is 352 g/mol. The average Bonchev–Trinajstić information content (AvgIpc) is 3.13. The smallest absolute Gasteiger partial charge is 0.410 e. The van der Waals surface area contributed by atoms with Crippen LogP contribution in [0, 0.1) is 6.92 Å². The first-order valence-corrected chi connectivity index (χ1v) is 8.97. The van der Waals surface area contributed by atoms with Crippen LogP contribution < -0.4 is 5.32 Å². The maximum absolute atomic E-state index is 12.6. The molecule has 1 atom stereocenters. The SMILES string of the molecule is Cc1cc(Cl)ccc1NC(=O)[C@H]1CCCN1C(=O)OCc1ccccc1. The molecule has 0 bridgehead atoms. The molecule has 1 N–H and O–H groups in total. The molecule has 2 aromatic rings. The van der Waals surface area contributed by atoms with Crippen LogP contribution in [0.1, 0.15) is 24.0 Å². The zero-order valence-electron chi connectivity index (χ0n) is 14.6. The number of nitrogens with one attached hydrogen (secondary N) is 1. The number of likely N-dealkylation sites (tertiary alicyclic amines) is 1. The number of amides is 2. The van der Waals surface area contributed by atoms with E-state index in [1.165, 1.54) is 4.90 Å². The van der Waals surface area contributed by atoms with Gasteiger partial charge in [-0.2, -0.15) is 0 Å². The monoisotopic (exact) mass is 372 g/mol. The van der Waals surface area contributed by atoms with Crippen LogP contribution >= 0.6 is 11.6 Å². The van der Waals surface area contributed by atoms with Crippen molar-refractivity contribution in [1.29, 1.82) is 0 Å². The first kappa shape index (κ1) is 18.3. The summed E-state index contributed by atoms with van der Waals surface area (Å²) in [5, 5.41) is 3.51. The molecule has 3 rings (SSSR count). The van der Waals surface area contributed by atoms with E-state index in [1.54, 1.807) is 18.2 Å². The lowest BCUT2D eigenvalue weighted by Gasteiger charge is -2.23. The Bertz CT molecular complexity index is 795. The number of carbonyl (C=O) groups is 2. The second kappa shape index (κ2) is 8.23. The highest BCUT2D eigenvalue weighted by molar-refractivity contribution is 6.30. The third kappa shape index (κ3) is 4.35. The van der Waals surface area contributed by atoms with Crippen molar-refractivity contribution in [3.8, 4) is 0 Å². The summed E-state index contributed by atoms with van der Waals surface area (Å²) in [6.07, 6.45) is 0.941. The zero-order chi connectivity index (χ0) is 18.5. The highest BCUT2D eigenvalue weighted by Crippen LogP contribution is 2.23. The van der Waals surface area contributed by atoms with Gasteiger partial charge in [0.2, 0.25) is 5.91 Å². The van der Waals surface area contributed by atoms with Crippen molar-refractivity contribution >= 4 is 29.3 Å². The molecule has 1 aliphatic heterocycles. The molecule has 1 aliphatic rings. The van der Waals surface area contributed by atoms with Crippen molar-refractivity contribution in [2.24, 2.45) is 0 Å². The minimum Gasteiger partial charge on any atom is -0.445 e. The van der Waals surface area contributed by atoms with Crippen molar-refractivity contribution < 1.29 is 14.3 Å². The molecule has 136 valence electrons. The molecule has 0 saturated carbocycles. The number of carbonyl (C=O) groups excluding carboxylic acids is 2. The van der Waals surface area contributed by atoms with Gasteiger partial charge in [0, 0.05) is 17.3 Å². The Morgan fingerprint density at radius 2 is 2.00 bits per heavy atom. The fourth-order valence-corrected chi connectivity index (χ4v) is 3.27. The number of rotatable bonds is 4. The van der Waals surface area contributed by atoms with E-state index in [0.717, 1.165) is 17.5 Å². The second-order valence-corrected chi connectivity index (χ2v) is 6.78. The van der Waals surface area contributed by atoms with Crippen LogP contribution in [0.15, 0.2) is 48.5 Å². The number of aryl methyl sites for hydroxylation is 1. The Balaban J connectivity index is 1.61. The van der Waals surface area contributed by atoms with E-state index in [1.807, 2.05) is 37.3 Å². The number of nitrogens with zero attached hydrogens (tertiary/aromatic N) is 1. The predicted molar refractivity (Wildman–Crippen MR) is 101 cm³/mol. The third-order valence-electron chi connectivity index (χ3n) is 4.44. The number of benzene rings is 2. The van der Waals surface area contributed by atoms with E-state index in [-0.39, 0.29) is 12.5 Å². The van der Waals surface area contributed by atoms with Crippen molar-refractivity contribution in [2.45, 2.75) is 32.4 Å². The molecule has 0 unspecified atom stereocenters. The minimum atomic E-state index is -0.520. The number of halogens is 1. The molecular formula is C20H21ClN2O3. The van der Waals surface area contributed by atoms with Gasteiger partial charge in [-0.15, -0.1) is 0 Å². The quantitative estimate of drug-likeness (QED) is 0.865. The molecule has 6 heteroatoms. The lowest BCUT2D eigenvalue weighted by atomic mass is 10.1. The van der Waals surface area contributed by atoms with Gasteiger partial charge in [-0.1, -0.05) is 41.9 Å². The van der Waals surface area contributed by atoms with Crippen LogP contribution in [-0.4, -0.2) is 29.5 Å². The summed E-state index contributed by atoms with van der Waals surface area (Å²) in [5.41, 5.74) is 2.49. The molecule has 1 saturated heterocycles. The summed E-state index contributed by atoms with van der Waals surface area (Å²) in [7, 11) is 0. The Hall–Kier alpha value is -2.53. The predicted octanol–water partition coefficient (Wildman–Crippen LogP) is 4.39. The van der Waals surface area contributed by atoms with Crippen LogP contribution in [0.5, 0.6) is 0 Å². The van der Waals surface area contributed by atoms with Gasteiger partial charge in [-0.3, -0.25) is 9.69 Å². The van der Waals surface area contributed by atoms with E-state index in [9.17, 15) is 9.59 Å².